The van der Waals surface area contributed by atoms with Crippen molar-refractivity contribution in [1.29, 1.82) is 0 Å². The zero-order valence-corrected chi connectivity index (χ0v) is 15.4. The molecule has 140 valence electrons. The number of carbonyl (C=O) groups is 1. The summed E-state index contributed by atoms with van der Waals surface area (Å²) in [6.45, 7) is 8.99. The van der Waals surface area contributed by atoms with Crippen molar-refractivity contribution in [2.24, 2.45) is 0 Å². The van der Waals surface area contributed by atoms with Crippen LogP contribution < -0.4 is 0 Å². The van der Waals surface area contributed by atoms with Crippen molar-refractivity contribution in [2.75, 3.05) is 53.0 Å². The zero-order valence-electron chi connectivity index (χ0n) is 15.4. The number of carbonyl (C=O) groups excluding carboxylic acids is 1. The Morgan fingerprint density at radius 3 is 2.88 bits per heavy atom. The van der Waals surface area contributed by atoms with Gasteiger partial charge >= 0.3 is 0 Å². The van der Waals surface area contributed by atoms with E-state index in [1.54, 1.807) is 11.0 Å². The van der Waals surface area contributed by atoms with Crippen LogP contribution in [0, 0.1) is 0 Å². The second kappa shape index (κ2) is 8.78. The van der Waals surface area contributed by atoms with E-state index >= 15 is 0 Å². The molecule has 0 bridgehead atoms. The fraction of sp³-hybridized carbons (Fsp3) is 0.778. The number of likely N-dealkylation sites (tertiary alicyclic amines) is 1. The highest BCUT2D eigenvalue weighted by molar-refractivity contribution is 5.92. The number of piperidine rings is 1. The highest BCUT2D eigenvalue weighted by Gasteiger charge is 2.22. The van der Waals surface area contributed by atoms with Crippen LogP contribution in [0.15, 0.2) is 10.6 Å². The van der Waals surface area contributed by atoms with Gasteiger partial charge in [0.1, 0.15) is 0 Å². The minimum Gasteiger partial charge on any atom is -0.379 e. The van der Waals surface area contributed by atoms with Crippen molar-refractivity contribution in [3.05, 3.63) is 17.5 Å². The van der Waals surface area contributed by atoms with E-state index < -0.39 is 0 Å². The van der Waals surface area contributed by atoms with Crippen LogP contribution in [0.25, 0.3) is 0 Å². The van der Waals surface area contributed by atoms with Gasteiger partial charge in [0.05, 0.1) is 19.8 Å². The molecule has 3 rings (SSSR count). The van der Waals surface area contributed by atoms with Gasteiger partial charge in [0.2, 0.25) is 0 Å². The molecule has 0 spiro atoms. The van der Waals surface area contributed by atoms with Gasteiger partial charge in [-0.3, -0.25) is 14.6 Å². The maximum absolute atomic E-state index is 12.6. The number of amides is 1. The van der Waals surface area contributed by atoms with Crippen LogP contribution in [0.2, 0.25) is 0 Å². The van der Waals surface area contributed by atoms with Crippen LogP contribution in [0.4, 0.5) is 0 Å². The number of hydrogen-bond donors (Lipinski definition) is 0. The Hall–Kier alpha value is -1.44. The van der Waals surface area contributed by atoms with Crippen LogP contribution in [0.1, 0.15) is 42.4 Å². The molecule has 3 heterocycles. The standard InChI is InChI=1S/C18H30N4O3/c1-15-5-3-4-6-22(15)8-7-20(2)18(23)17-13-16(25-19-17)14-21-9-11-24-12-10-21/h13,15H,3-12,14H2,1-2H3/t15-/m1/s1. The van der Waals surface area contributed by atoms with Crippen molar-refractivity contribution in [3.63, 3.8) is 0 Å². The van der Waals surface area contributed by atoms with E-state index in [0.29, 0.717) is 18.3 Å². The SMILES string of the molecule is C[C@@H]1CCCCN1CCN(C)C(=O)c1cc(CN2CCOCC2)on1. The Morgan fingerprint density at radius 2 is 2.12 bits per heavy atom. The first kappa shape index (κ1) is 18.4. The smallest absolute Gasteiger partial charge is 0.275 e. The number of hydrogen-bond acceptors (Lipinski definition) is 6. The van der Waals surface area contributed by atoms with E-state index in [1.165, 1.54) is 19.3 Å². The van der Waals surface area contributed by atoms with Crippen LogP contribution in [0.3, 0.4) is 0 Å². The molecule has 2 saturated heterocycles. The van der Waals surface area contributed by atoms with Gasteiger partial charge in [-0.15, -0.1) is 0 Å². The Kier molecular flexibility index (Phi) is 6.45. The van der Waals surface area contributed by atoms with Crippen LogP contribution in [-0.4, -0.2) is 84.8 Å². The van der Waals surface area contributed by atoms with E-state index in [1.807, 2.05) is 7.05 Å². The Balaban J connectivity index is 1.48. The summed E-state index contributed by atoms with van der Waals surface area (Å²) in [4.78, 5) is 19.0. The van der Waals surface area contributed by atoms with Crippen molar-refractivity contribution in [1.82, 2.24) is 19.9 Å². The molecule has 2 aliphatic heterocycles. The topological polar surface area (TPSA) is 62.0 Å². The Labute approximate surface area is 149 Å². The van der Waals surface area contributed by atoms with Gasteiger partial charge in [-0.2, -0.15) is 0 Å². The maximum Gasteiger partial charge on any atom is 0.275 e. The predicted molar refractivity (Wildman–Crippen MR) is 94.4 cm³/mol. The molecule has 7 heteroatoms. The summed E-state index contributed by atoms with van der Waals surface area (Å²) >= 11 is 0. The van der Waals surface area contributed by atoms with Gasteiger partial charge in [0, 0.05) is 45.3 Å². The molecule has 0 saturated carbocycles. The van der Waals surface area contributed by atoms with Crippen molar-refractivity contribution >= 4 is 5.91 Å². The quantitative estimate of drug-likeness (QED) is 0.774. The molecule has 1 aromatic heterocycles. The largest absolute Gasteiger partial charge is 0.379 e. The van der Waals surface area contributed by atoms with Gasteiger partial charge in [-0.05, 0) is 26.3 Å². The molecule has 7 nitrogen and oxygen atoms in total. The van der Waals surface area contributed by atoms with Gasteiger partial charge in [0.25, 0.3) is 5.91 Å². The number of aromatic nitrogens is 1. The number of morpholine rings is 1. The molecule has 1 atom stereocenters. The summed E-state index contributed by atoms with van der Waals surface area (Å²) in [5, 5.41) is 3.97. The van der Waals surface area contributed by atoms with Gasteiger partial charge in [-0.1, -0.05) is 11.6 Å². The molecule has 1 amide bonds. The molecule has 0 unspecified atom stereocenters. The highest BCUT2D eigenvalue weighted by Crippen LogP contribution is 2.16. The Morgan fingerprint density at radius 1 is 1.32 bits per heavy atom. The fourth-order valence-corrected chi connectivity index (χ4v) is 3.53. The maximum atomic E-state index is 12.6. The lowest BCUT2D eigenvalue weighted by molar-refractivity contribution is 0.0305. The number of ether oxygens (including phenoxy) is 1. The van der Waals surface area contributed by atoms with E-state index in [-0.39, 0.29) is 5.91 Å². The molecular weight excluding hydrogens is 320 g/mol. The first-order valence-electron chi connectivity index (χ1n) is 9.38. The lowest BCUT2D eigenvalue weighted by Gasteiger charge is -2.34. The van der Waals surface area contributed by atoms with Crippen LogP contribution >= 0.6 is 0 Å². The predicted octanol–water partition coefficient (Wildman–Crippen LogP) is 1.45. The van der Waals surface area contributed by atoms with Crippen molar-refractivity contribution in [2.45, 2.75) is 38.8 Å². The third-order valence-corrected chi connectivity index (χ3v) is 5.27. The lowest BCUT2D eigenvalue weighted by atomic mass is 10.0. The van der Waals surface area contributed by atoms with Crippen LogP contribution in [-0.2, 0) is 11.3 Å². The second-order valence-electron chi connectivity index (χ2n) is 7.17. The number of rotatable bonds is 6. The van der Waals surface area contributed by atoms with Crippen molar-refractivity contribution < 1.29 is 14.1 Å². The summed E-state index contributed by atoms with van der Waals surface area (Å²) in [5.74, 6) is 0.671. The normalized spacial score (nSPS) is 22.9. The van der Waals surface area contributed by atoms with E-state index in [2.05, 4.69) is 21.9 Å². The molecular formula is C18H30N4O3. The number of nitrogens with zero attached hydrogens (tertiary/aromatic N) is 4. The third-order valence-electron chi connectivity index (χ3n) is 5.27. The zero-order chi connectivity index (χ0) is 17.6. The first-order chi connectivity index (χ1) is 12.1. The van der Waals surface area contributed by atoms with Gasteiger partial charge in [0.15, 0.2) is 11.5 Å². The second-order valence-corrected chi connectivity index (χ2v) is 7.17. The van der Waals surface area contributed by atoms with Gasteiger partial charge in [-0.25, -0.2) is 0 Å². The lowest BCUT2D eigenvalue weighted by Crippen LogP contribution is -2.43. The minimum atomic E-state index is -0.0679. The van der Waals surface area contributed by atoms with E-state index in [4.69, 9.17) is 9.26 Å². The molecule has 1 aromatic rings. The van der Waals surface area contributed by atoms with Gasteiger partial charge < -0.3 is 14.2 Å². The van der Waals surface area contributed by atoms with Crippen molar-refractivity contribution in [3.8, 4) is 0 Å². The Bertz CT molecular complexity index is 556. The minimum absolute atomic E-state index is 0.0679. The summed E-state index contributed by atoms with van der Waals surface area (Å²) in [6.07, 6.45) is 3.83. The molecule has 0 aromatic carbocycles. The third kappa shape index (κ3) is 5.03. The summed E-state index contributed by atoms with van der Waals surface area (Å²) in [5.41, 5.74) is 0.400. The molecule has 0 radical (unpaired) electrons. The average Bonchev–Trinajstić information content (AvgIpc) is 3.09. The molecule has 25 heavy (non-hydrogen) atoms. The summed E-state index contributed by atoms with van der Waals surface area (Å²) in [7, 11) is 1.84. The fourth-order valence-electron chi connectivity index (χ4n) is 3.53. The average molecular weight is 350 g/mol. The summed E-state index contributed by atoms with van der Waals surface area (Å²) < 4.78 is 10.7. The molecule has 2 fully saturated rings. The highest BCUT2D eigenvalue weighted by atomic mass is 16.5. The first-order valence-corrected chi connectivity index (χ1v) is 9.38. The molecule has 0 aliphatic carbocycles. The van der Waals surface area contributed by atoms with Crippen LogP contribution in [0.5, 0.6) is 0 Å². The monoisotopic (exact) mass is 350 g/mol. The molecule has 2 aliphatic rings. The number of likely N-dealkylation sites (N-methyl/N-ethyl adjacent to an activating group) is 1. The van der Waals surface area contributed by atoms with E-state index in [0.717, 1.165) is 51.7 Å². The summed E-state index contributed by atoms with van der Waals surface area (Å²) in [6, 6.07) is 2.39. The van der Waals surface area contributed by atoms with E-state index in [9.17, 15) is 4.79 Å². The molecule has 0 N–H and O–H groups in total.